The van der Waals surface area contributed by atoms with Gasteiger partial charge in [0.1, 0.15) is 30.6 Å². The van der Waals surface area contributed by atoms with E-state index in [0.717, 1.165) is 71.0 Å². The largest absolute Gasteiger partial charge is 0.458 e. The highest BCUT2D eigenvalue weighted by atomic mass is 16.6. The average Bonchev–Trinajstić information content (AvgIpc) is 3.58. The fraction of sp³-hybridized carbons (Fsp3) is 0.419. The van der Waals surface area contributed by atoms with Crippen LogP contribution in [0.25, 0.3) is 16.8 Å². The van der Waals surface area contributed by atoms with Gasteiger partial charge in [-0.2, -0.15) is 5.10 Å². The van der Waals surface area contributed by atoms with E-state index >= 15 is 0 Å². The molecule has 0 aliphatic rings. The lowest BCUT2D eigenvalue weighted by atomic mass is 10.0. The summed E-state index contributed by atoms with van der Waals surface area (Å²) in [5, 5.41) is 10.5. The number of carbonyl (C=O) groups is 1. The number of nitrogens with one attached hydrogen (secondary N) is 1. The highest BCUT2D eigenvalue weighted by Crippen LogP contribution is 2.31. The zero-order chi connectivity index (χ0) is 29.4. The van der Waals surface area contributed by atoms with Gasteiger partial charge in [-0.15, -0.1) is 0 Å². The smallest absolute Gasteiger partial charge is 0.332 e. The van der Waals surface area contributed by atoms with Crippen molar-refractivity contribution in [1.29, 1.82) is 0 Å². The summed E-state index contributed by atoms with van der Waals surface area (Å²) in [7, 11) is 0. The van der Waals surface area contributed by atoms with Crippen LogP contribution in [-0.4, -0.2) is 51.3 Å². The molecule has 10 heteroatoms. The Hall–Kier alpha value is -4.18. The molecule has 0 aliphatic carbocycles. The number of aromatic nitrogens is 4. The molecule has 0 amide bonds. The molecule has 10 nitrogen and oxygen atoms in total. The minimum absolute atomic E-state index is 0.0240. The second-order valence-corrected chi connectivity index (χ2v) is 11.0. The Morgan fingerprint density at radius 2 is 1.83 bits per heavy atom. The molecule has 1 N–H and O–H groups in total. The monoisotopic (exact) mass is 560 g/mol. The number of anilines is 2. The third-order valence-electron chi connectivity index (χ3n) is 6.47. The van der Waals surface area contributed by atoms with Crippen molar-refractivity contribution in [1.82, 2.24) is 19.9 Å². The quantitative estimate of drug-likeness (QED) is 0.116. The summed E-state index contributed by atoms with van der Waals surface area (Å²) in [6.07, 6.45) is 5.92. The molecule has 0 fully saturated rings. The normalized spacial score (nSPS) is 11.5. The molecule has 4 rings (SSSR count). The van der Waals surface area contributed by atoms with Gasteiger partial charge in [-0.05, 0) is 102 Å². The molecule has 0 atom stereocenters. The fourth-order valence-corrected chi connectivity index (χ4v) is 4.49. The molecule has 2 aromatic heterocycles. The number of hydrogen-bond acceptors (Lipinski definition) is 9. The molecule has 2 aromatic carbocycles. The van der Waals surface area contributed by atoms with Crippen molar-refractivity contribution in [2.24, 2.45) is 0 Å². The molecule has 0 spiro atoms. The van der Waals surface area contributed by atoms with Gasteiger partial charge in [0, 0.05) is 18.7 Å². The average molecular weight is 561 g/mol. The van der Waals surface area contributed by atoms with Crippen LogP contribution < -0.4 is 10.4 Å². The summed E-state index contributed by atoms with van der Waals surface area (Å²) in [6.45, 7) is 12.8. The van der Waals surface area contributed by atoms with E-state index in [9.17, 15) is 4.79 Å². The van der Waals surface area contributed by atoms with E-state index in [4.69, 9.17) is 14.0 Å². The molecule has 0 saturated carbocycles. The van der Waals surface area contributed by atoms with Crippen LogP contribution in [0.1, 0.15) is 57.1 Å². The van der Waals surface area contributed by atoms with Crippen LogP contribution in [-0.2, 0) is 14.3 Å². The molecule has 0 radical (unpaired) electrons. The van der Waals surface area contributed by atoms with Gasteiger partial charge >= 0.3 is 5.97 Å². The van der Waals surface area contributed by atoms with Crippen LogP contribution in [0.5, 0.6) is 0 Å². The number of carbonyl (C=O) groups excluding carboxylic acids is 1. The number of unbranched alkanes of at least 4 members (excludes halogenated alkanes) is 2. The third-order valence-corrected chi connectivity index (χ3v) is 6.47. The minimum Gasteiger partial charge on any atom is -0.458 e. The van der Waals surface area contributed by atoms with Gasteiger partial charge in [0.05, 0.1) is 22.8 Å². The maximum absolute atomic E-state index is 11.9. The number of hydrogen-bond donors (Lipinski definition) is 1. The molecule has 2 heterocycles. The summed E-state index contributed by atoms with van der Waals surface area (Å²) in [5.41, 5.74) is 10.2. The number of hydrazine groups is 1. The maximum atomic E-state index is 11.9. The summed E-state index contributed by atoms with van der Waals surface area (Å²) in [5.74, 6) is 0.461. The Kier molecular flexibility index (Phi) is 9.78. The predicted octanol–water partition coefficient (Wildman–Crippen LogP) is 6.21. The minimum atomic E-state index is -0.505. The van der Waals surface area contributed by atoms with Crippen LogP contribution in [0.4, 0.5) is 11.4 Å². The van der Waals surface area contributed by atoms with Crippen molar-refractivity contribution < 1.29 is 18.8 Å². The number of ether oxygens (including phenoxy) is 2. The van der Waals surface area contributed by atoms with Gasteiger partial charge < -0.3 is 14.0 Å². The number of rotatable bonds is 13. The molecule has 4 aromatic rings. The SMILES string of the molecule is Cc1ccc(-c2c(C)noc2C)cc1NN(CCCCCOCC(=O)OC(C)(C)C)c1ccc(-n2cncn2)cc1. The number of aryl methyl sites for hydroxylation is 3. The zero-order valence-electron chi connectivity index (χ0n) is 24.8. The Balaban J connectivity index is 1.42. The predicted molar refractivity (Wildman–Crippen MR) is 159 cm³/mol. The second-order valence-electron chi connectivity index (χ2n) is 11.0. The topological polar surface area (TPSA) is 108 Å². The molecular weight excluding hydrogens is 520 g/mol. The standard InChI is InChI=1S/C31H40N6O4/c1-22-10-11-25(30-23(2)35-41-24(30)3)18-28(22)34-36(26-12-14-27(15-13-26)37-21-32-20-33-37)16-8-7-9-17-39-19-29(38)40-31(4,5)6/h10-15,18,20-21,34H,7-9,16-17,19H2,1-6H3. The zero-order valence-corrected chi connectivity index (χ0v) is 24.8. The second kappa shape index (κ2) is 13.5. The van der Waals surface area contributed by atoms with Crippen molar-refractivity contribution in [2.45, 2.75) is 66.4 Å². The Morgan fingerprint density at radius 3 is 2.49 bits per heavy atom. The van der Waals surface area contributed by atoms with Crippen LogP contribution >= 0.6 is 0 Å². The lowest BCUT2D eigenvalue weighted by molar-refractivity contribution is -0.160. The van der Waals surface area contributed by atoms with E-state index in [-0.39, 0.29) is 12.6 Å². The first-order valence-electron chi connectivity index (χ1n) is 13.9. The van der Waals surface area contributed by atoms with Crippen LogP contribution in [0.15, 0.2) is 59.6 Å². The van der Waals surface area contributed by atoms with Crippen LogP contribution in [0.2, 0.25) is 0 Å². The van der Waals surface area contributed by atoms with Crippen LogP contribution in [0, 0.1) is 20.8 Å². The Bertz CT molecular complexity index is 1390. The molecule has 41 heavy (non-hydrogen) atoms. The molecule has 218 valence electrons. The highest BCUT2D eigenvalue weighted by molar-refractivity contribution is 5.74. The summed E-state index contributed by atoms with van der Waals surface area (Å²) < 4.78 is 18.0. The number of nitrogens with zero attached hydrogens (tertiary/aromatic N) is 5. The maximum Gasteiger partial charge on any atom is 0.332 e. The first-order chi connectivity index (χ1) is 19.6. The van der Waals surface area contributed by atoms with Crippen molar-refractivity contribution in [2.75, 3.05) is 30.2 Å². The summed E-state index contributed by atoms with van der Waals surface area (Å²) in [6, 6.07) is 14.5. The fourth-order valence-electron chi connectivity index (χ4n) is 4.49. The molecule has 0 bridgehead atoms. The van der Waals surface area contributed by atoms with Gasteiger partial charge in [0.2, 0.25) is 0 Å². The lowest BCUT2D eigenvalue weighted by Gasteiger charge is -2.28. The van der Waals surface area contributed by atoms with Crippen LogP contribution in [0.3, 0.4) is 0 Å². The van der Waals surface area contributed by atoms with Gasteiger partial charge in [0.15, 0.2) is 0 Å². The van der Waals surface area contributed by atoms with E-state index in [2.05, 4.69) is 62.9 Å². The summed E-state index contributed by atoms with van der Waals surface area (Å²) in [4.78, 5) is 15.9. The van der Waals surface area contributed by atoms with Gasteiger partial charge in [0.25, 0.3) is 0 Å². The van der Waals surface area contributed by atoms with Gasteiger partial charge in [-0.1, -0.05) is 17.3 Å². The summed E-state index contributed by atoms with van der Waals surface area (Å²) >= 11 is 0. The van der Waals surface area contributed by atoms with E-state index in [0.29, 0.717) is 6.61 Å². The van der Waals surface area contributed by atoms with Crippen molar-refractivity contribution in [3.8, 4) is 16.8 Å². The molecule has 0 unspecified atom stereocenters. The van der Waals surface area contributed by atoms with E-state index < -0.39 is 5.60 Å². The number of benzene rings is 2. The Morgan fingerprint density at radius 1 is 1.05 bits per heavy atom. The van der Waals surface area contributed by atoms with Gasteiger partial charge in [-0.3, -0.25) is 10.4 Å². The first-order valence-corrected chi connectivity index (χ1v) is 13.9. The Labute approximate surface area is 241 Å². The number of esters is 1. The third kappa shape index (κ3) is 8.40. The van der Waals surface area contributed by atoms with E-state index in [1.54, 1.807) is 11.0 Å². The van der Waals surface area contributed by atoms with Crippen molar-refractivity contribution >= 4 is 17.3 Å². The van der Waals surface area contributed by atoms with Gasteiger partial charge in [-0.25, -0.2) is 14.5 Å². The van der Waals surface area contributed by atoms with Crippen molar-refractivity contribution in [3.63, 3.8) is 0 Å². The van der Waals surface area contributed by atoms with E-state index in [1.165, 1.54) is 6.33 Å². The molecular formula is C31H40N6O4. The lowest BCUT2D eigenvalue weighted by Crippen LogP contribution is -2.31. The molecule has 0 saturated heterocycles. The van der Waals surface area contributed by atoms with E-state index in [1.807, 2.05) is 46.8 Å². The first kappa shape index (κ1) is 29.8. The highest BCUT2D eigenvalue weighted by Gasteiger charge is 2.17. The molecule has 0 aliphatic heterocycles. The van der Waals surface area contributed by atoms with Crippen molar-refractivity contribution in [3.05, 3.63) is 72.1 Å².